The summed E-state index contributed by atoms with van der Waals surface area (Å²) in [5.41, 5.74) is 7.49. The van der Waals surface area contributed by atoms with E-state index in [4.69, 9.17) is 23.1 Å². The molecule has 3 N–H and O–H groups in total. The van der Waals surface area contributed by atoms with E-state index in [-0.39, 0.29) is 6.61 Å². The van der Waals surface area contributed by atoms with Crippen molar-refractivity contribution >= 4 is 22.9 Å². The van der Waals surface area contributed by atoms with E-state index in [0.717, 1.165) is 24.2 Å². The number of thiocarbonyl (C=S) groups is 1. The van der Waals surface area contributed by atoms with Crippen molar-refractivity contribution in [2.75, 3.05) is 25.1 Å². The Hall–Kier alpha value is -1.13. The minimum atomic E-state index is 0.208. The lowest BCUT2D eigenvalue weighted by Crippen LogP contribution is -2.20. The topological polar surface area (TPSA) is 49.5 Å². The molecule has 4 heteroatoms. The van der Waals surface area contributed by atoms with E-state index in [1.54, 1.807) is 0 Å². The fourth-order valence-electron chi connectivity index (χ4n) is 1.33. The molecule has 0 heterocycles. The second-order valence-electron chi connectivity index (χ2n) is 3.41. The summed E-state index contributed by atoms with van der Waals surface area (Å²) in [5.74, 6) is 0. The van der Waals surface area contributed by atoms with Crippen LogP contribution in [0, 0.1) is 0 Å². The molecule has 0 saturated carbocycles. The Kier molecular flexibility index (Phi) is 4.52. The second kappa shape index (κ2) is 5.68. The number of nitrogens with zero attached hydrogens (tertiary/aromatic N) is 1. The summed E-state index contributed by atoms with van der Waals surface area (Å²) in [6.07, 6.45) is 0.758. The van der Waals surface area contributed by atoms with Crippen LogP contribution >= 0.6 is 12.2 Å². The van der Waals surface area contributed by atoms with Gasteiger partial charge >= 0.3 is 0 Å². The number of anilines is 1. The molecule has 0 unspecified atom stereocenters. The molecule has 1 aromatic rings. The molecule has 0 aliphatic rings. The summed E-state index contributed by atoms with van der Waals surface area (Å²) in [6, 6.07) is 7.78. The molecule has 0 aliphatic heterocycles. The summed E-state index contributed by atoms with van der Waals surface area (Å²) in [5, 5.41) is 8.74. The third kappa shape index (κ3) is 3.49. The van der Waals surface area contributed by atoms with Crippen LogP contribution in [0.15, 0.2) is 24.3 Å². The summed E-state index contributed by atoms with van der Waals surface area (Å²) in [7, 11) is 1.98. The van der Waals surface area contributed by atoms with Crippen LogP contribution in [0.25, 0.3) is 0 Å². The quantitative estimate of drug-likeness (QED) is 0.736. The predicted octanol–water partition coefficient (Wildman–Crippen LogP) is 1.14. The van der Waals surface area contributed by atoms with Gasteiger partial charge in [0.15, 0.2) is 0 Å². The molecular formula is C11H16N2OS. The summed E-state index contributed by atoms with van der Waals surface area (Å²) < 4.78 is 0. The van der Waals surface area contributed by atoms with Gasteiger partial charge in [-0.3, -0.25) is 0 Å². The average molecular weight is 224 g/mol. The number of hydrogen-bond donors (Lipinski definition) is 2. The maximum atomic E-state index is 8.74. The van der Waals surface area contributed by atoms with Gasteiger partial charge in [0, 0.05) is 31.5 Å². The molecule has 0 amide bonds. The molecule has 15 heavy (non-hydrogen) atoms. The van der Waals surface area contributed by atoms with Crippen molar-refractivity contribution in [1.29, 1.82) is 0 Å². The van der Waals surface area contributed by atoms with Crippen LogP contribution in [0.4, 0.5) is 5.69 Å². The van der Waals surface area contributed by atoms with Crippen LogP contribution in [-0.2, 0) is 0 Å². The highest BCUT2D eigenvalue weighted by Crippen LogP contribution is 2.14. The number of benzene rings is 1. The fourth-order valence-corrected chi connectivity index (χ4v) is 1.46. The number of nitrogens with two attached hydrogens (primary N) is 1. The lowest BCUT2D eigenvalue weighted by molar-refractivity contribution is 0.290. The van der Waals surface area contributed by atoms with Crippen molar-refractivity contribution in [2.45, 2.75) is 6.42 Å². The number of hydrogen-bond acceptors (Lipinski definition) is 3. The largest absolute Gasteiger partial charge is 0.396 e. The van der Waals surface area contributed by atoms with Gasteiger partial charge in [-0.1, -0.05) is 24.4 Å². The minimum Gasteiger partial charge on any atom is -0.396 e. The van der Waals surface area contributed by atoms with Crippen molar-refractivity contribution in [3.63, 3.8) is 0 Å². The van der Waals surface area contributed by atoms with Crippen LogP contribution < -0.4 is 10.6 Å². The first-order chi connectivity index (χ1) is 7.15. The molecular weight excluding hydrogens is 208 g/mol. The van der Waals surface area contributed by atoms with Gasteiger partial charge in [-0.25, -0.2) is 0 Å². The Morgan fingerprint density at radius 2 is 2.27 bits per heavy atom. The van der Waals surface area contributed by atoms with Crippen LogP contribution in [0.1, 0.15) is 12.0 Å². The number of aliphatic hydroxyl groups is 1. The Morgan fingerprint density at radius 3 is 2.87 bits per heavy atom. The first-order valence-electron chi connectivity index (χ1n) is 4.87. The smallest absolute Gasteiger partial charge is 0.104 e. The van der Waals surface area contributed by atoms with Crippen molar-refractivity contribution in [1.82, 2.24) is 0 Å². The average Bonchev–Trinajstić information content (AvgIpc) is 2.26. The van der Waals surface area contributed by atoms with E-state index in [1.807, 2.05) is 31.3 Å². The summed E-state index contributed by atoms with van der Waals surface area (Å²) >= 11 is 4.91. The maximum absolute atomic E-state index is 8.74. The third-order valence-corrected chi connectivity index (χ3v) is 2.46. The van der Waals surface area contributed by atoms with Crippen molar-refractivity contribution in [3.05, 3.63) is 29.8 Å². The van der Waals surface area contributed by atoms with E-state index >= 15 is 0 Å². The Balaban J connectivity index is 2.76. The Morgan fingerprint density at radius 1 is 1.53 bits per heavy atom. The number of aliphatic hydroxyl groups excluding tert-OH is 1. The Bertz CT molecular complexity index is 341. The van der Waals surface area contributed by atoms with E-state index < -0.39 is 0 Å². The normalized spacial score (nSPS) is 10.0. The molecule has 0 atom stereocenters. The van der Waals surface area contributed by atoms with Gasteiger partial charge in [-0.15, -0.1) is 0 Å². The standard InChI is InChI=1S/C11H16N2OS/c1-13(6-3-7-14)10-5-2-4-9(8-10)11(12)15/h2,4-5,8,14H,3,6-7H2,1H3,(H2,12,15). The second-order valence-corrected chi connectivity index (χ2v) is 3.85. The SMILES string of the molecule is CN(CCCO)c1cccc(C(N)=S)c1. The zero-order chi connectivity index (χ0) is 11.3. The predicted molar refractivity (Wildman–Crippen MR) is 67.3 cm³/mol. The highest BCUT2D eigenvalue weighted by atomic mass is 32.1. The van der Waals surface area contributed by atoms with Crippen LogP contribution in [0.5, 0.6) is 0 Å². The Labute approximate surface area is 95.5 Å². The highest BCUT2D eigenvalue weighted by Gasteiger charge is 2.02. The molecule has 0 bridgehead atoms. The van der Waals surface area contributed by atoms with E-state index in [0.29, 0.717) is 4.99 Å². The molecule has 1 aromatic carbocycles. The van der Waals surface area contributed by atoms with Gasteiger partial charge < -0.3 is 15.7 Å². The monoisotopic (exact) mass is 224 g/mol. The lowest BCUT2D eigenvalue weighted by Gasteiger charge is -2.19. The number of rotatable bonds is 5. The molecule has 0 radical (unpaired) electrons. The van der Waals surface area contributed by atoms with Crippen LogP contribution in [0.2, 0.25) is 0 Å². The zero-order valence-corrected chi connectivity index (χ0v) is 9.63. The van der Waals surface area contributed by atoms with Crippen molar-refractivity contribution in [2.24, 2.45) is 5.73 Å². The first-order valence-corrected chi connectivity index (χ1v) is 5.28. The van der Waals surface area contributed by atoms with Crippen LogP contribution in [-0.4, -0.2) is 30.3 Å². The molecule has 0 aliphatic carbocycles. The zero-order valence-electron chi connectivity index (χ0n) is 8.81. The van der Waals surface area contributed by atoms with Crippen LogP contribution in [0.3, 0.4) is 0 Å². The lowest BCUT2D eigenvalue weighted by atomic mass is 10.2. The summed E-state index contributed by atoms with van der Waals surface area (Å²) in [4.78, 5) is 2.48. The first kappa shape index (κ1) is 11.9. The van der Waals surface area contributed by atoms with Gasteiger partial charge in [-0.05, 0) is 18.6 Å². The van der Waals surface area contributed by atoms with Crippen molar-refractivity contribution < 1.29 is 5.11 Å². The van der Waals surface area contributed by atoms with E-state index in [2.05, 4.69) is 4.90 Å². The highest BCUT2D eigenvalue weighted by molar-refractivity contribution is 7.80. The minimum absolute atomic E-state index is 0.208. The molecule has 3 nitrogen and oxygen atoms in total. The molecule has 0 fully saturated rings. The van der Waals surface area contributed by atoms with Gasteiger partial charge in [-0.2, -0.15) is 0 Å². The van der Waals surface area contributed by atoms with E-state index in [9.17, 15) is 0 Å². The summed E-state index contributed by atoms with van der Waals surface area (Å²) in [6.45, 7) is 1.02. The molecule has 0 saturated heterocycles. The maximum Gasteiger partial charge on any atom is 0.104 e. The van der Waals surface area contributed by atoms with Gasteiger partial charge in [0.25, 0.3) is 0 Å². The fraction of sp³-hybridized carbons (Fsp3) is 0.364. The van der Waals surface area contributed by atoms with Gasteiger partial charge in [0.2, 0.25) is 0 Å². The van der Waals surface area contributed by atoms with Gasteiger partial charge in [0.1, 0.15) is 4.99 Å². The molecule has 0 spiro atoms. The van der Waals surface area contributed by atoms with E-state index in [1.165, 1.54) is 0 Å². The molecule has 1 rings (SSSR count). The molecule has 82 valence electrons. The molecule has 0 aromatic heterocycles. The third-order valence-electron chi connectivity index (χ3n) is 2.22. The van der Waals surface area contributed by atoms with Gasteiger partial charge in [0.05, 0.1) is 0 Å². The van der Waals surface area contributed by atoms with Crippen molar-refractivity contribution in [3.8, 4) is 0 Å².